The number of likely N-dealkylation sites (tertiary alicyclic amines) is 1. The first-order chi connectivity index (χ1) is 13.2. The van der Waals surface area contributed by atoms with E-state index in [2.05, 4.69) is 41.5 Å². The van der Waals surface area contributed by atoms with Crippen LogP contribution in [-0.2, 0) is 4.79 Å². The summed E-state index contributed by atoms with van der Waals surface area (Å²) < 4.78 is 0. The lowest BCUT2D eigenvalue weighted by atomic mass is 9.97. The molecule has 2 N–H and O–H groups in total. The lowest BCUT2D eigenvalue weighted by molar-refractivity contribution is -0.128. The van der Waals surface area contributed by atoms with E-state index in [1.54, 1.807) is 0 Å². The highest BCUT2D eigenvalue weighted by atomic mass is 16.2. The van der Waals surface area contributed by atoms with Crippen LogP contribution < -0.4 is 10.6 Å². The summed E-state index contributed by atoms with van der Waals surface area (Å²) >= 11 is 0. The predicted octanol–water partition coefficient (Wildman–Crippen LogP) is 3.01. The van der Waals surface area contributed by atoms with Gasteiger partial charge in [0, 0.05) is 38.3 Å². The number of dihydropyridines is 2. The van der Waals surface area contributed by atoms with Crippen LogP contribution in [0.25, 0.3) is 0 Å². The fourth-order valence-electron chi connectivity index (χ4n) is 4.55. The highest BCUT2D eigenvalue weighted by Crippen LogP contribution is 2.30. The molecule has 0 bridgehead atoms. The topological polar surface area (TPSA) is 47.6 Å². The molecule has 0 saturated carbocycles. The van der Waals surface area contributed by atoms with Crippen LogP contribution in [0.15, 0.2) is 46.1 Å². The van der Waals surface area contributed by atoms with Crippen molar-refractivity contribution in [3.8, 4) is 0 Å². The number of rotatable bonds is 3. The highest BCUT2D eigenvalue weighted by molar-refractivity contribution is 5.94. The standard InChI is InChI=1S/C22H32N4O/c1-3-17-13-20(23-14-16(17)2)26-11-7-8-18-12-19(15-24-21(18)26)22(27)25-9-5-4-6-10-25/h12-13,23-24H,3-11,14-15H2,1-2H3. The molecular formula is C22H32N4O. The van der Waals surface area contributed by atoms with Crippen molar-refractivity contribution in [2.24, 2.45) is 0 Å². The van der Waals surface area contributed by atoms with Crippen LogP contribution in [0.3, 0.4) is 0 Å². The molecule has 0 aliphatic carbocycles. The highest BCUT2D eigenvalue weighted by Gasteiger charge is 2.29. The Balaban J connectivity index is 1.57. The van der Waals surface area contributed by atoms with Crippen LogP contribution in [0.4, 0.5) is 0 Å². The number of nitrogens with zero attached hydrogens (tertiary/aromatic N) is 2. The summed E-state index contributed by atoms with van der Waals surface area (Å²) in [5, 5.41) is 7.16. The van der Waals surface area contributed by atoms with Crippen molar-refractivity contribution in [2.75, 3.05) is 32.7 Å². The summed E-state index contributed by atoms with van der Waals surface area (Å²) in [6.45, 7) is 8.83. The molecule has 0 unspecified atom stereocenters. The first-order valence-corrected chi connectivity index (χ1v) is 10.6. The van der Waals surface area contributed by atoms with E-state index in [-0.39, 0.29) is 5.91 Å². The van der Waals surface area contributed by atoms with Gasteiger partial charge >= 0.3 is 0 Å². The van der Waals surface area contributed by atoms with E-state index in [0.29, 0.717) is 6.54 Å². The maximum atomic E-state index is 12.9. The van der Waals surface area contributed by atoms with E-state index in [0.717, 1.165) is 63.9 Å². The van der Waals surface area contributed by atoms with Crippen molar-refractivity contribution in [2.45, 2.75) is 52.4 Å². The zero-order valence-electron chi connectivity index (χ0n) is 16.7. The van der Waals surface area contributed by atoms with E-state index < -0.39 is 0 Å². The molecular weight excluding hydrogens is 336 g/mol. The smallest absolute Gasteiger partial charge is 0.251 e. The van der Waals surface area contributed by atoms with Gasteiger partial charge in [-0.3, -0.25) is 4.79 Å². The number of amides is 1. The molecule has 0 atom stereocenters. The Morgan fingerprint density at radius 1 is 1.04 bits per heavy atom. The van der Waals surface area contributed by atoms with E-state index in [1.165, 1.54) is 34.8 Å². The molecule has 5 nitrogen and oxygen atoms in total. The third kappa shape index (κ3) is 3.64. The van der Waals surface area contributed by atoms with Crippen molar-refractivity contribution in [3.05, 3.63) is 46.1 Å². The normalized spacial score (nSPS) is 23.3. The van der Waals surface area contributed by atoms with Gasteiger partial charge in [-0.1, -0.05) is 12.5 Å². The Hall–Kier alpha value is -2.17. The average molecular weight is 369 g/mol. The second kappa shape index (κ2) is 7.83. The third-order valence-corrected chi connectivity index (χ3v) is 6.18. The quantitative estimate of drug-likeness (QED) is 0.804. The van der Waals surface area contributed by atoms with Gasteiger partial charge in [-0.05, 0) is 68.7 Å². The Morgan fingerprint density at radius 3 is 2.63 bits per heavy atom. The van der Waals surface area contributed by atoms with Gasteiger partial charge in [0.25, 0.3) is 5.91 Å². The molecule has 4 rings (SSSR count). The van der Waals surface area contributed by atoms with Crippen LogP contribution in [0.5, 0.6) is 0 Å². The molecule has 4 heterocycles. The Morgan fingerprint density at radius 2 is 1.85 bits per heavy atom. The molecule has 0 aromatic rings. The number of allylic oxidation sites excluding steroid dienone is 4. The molecule has 5 heteroatoms. The molecule has 1 amide bonds. The number of piperidine rings is 1. The fraction of sp³-hybridized carbons (Fsp3) is 0.591. The van der Waals surface area contributed by atoms with Gasteiger partial charge in [-0.2, -0.15) is 0 Å². The number of hydrogen-bond acceptors (Lipinski definition) is 4. The average Bonchev–Trinajstić information content (AvgIpc) is 2.73. The Kier molecular flexibility index (Phi) is 5.28. The number of carbonyl (C=O) groups excluding carboxylic acids is 1. The van der Waals surface area contributed by atoms with Crippen molar-refractivity contribution in [1.29, 1.82) is 0 Å². The molecule has 146 valence electrons. The van der Waals surface area contributed by atoms with Gasteiger partial charge in [-0.15, -0.1) is 0 Å². The number of carbonyl (C=O) groups is 1. The fourth-order valence-corrected chi connectivity index (χ4v) is 4.55. The lowest BCUT2D eigenvalue weighted by Crippen LogP contribution is -2.45. The third-order valence-electron chi connectivity index (χ3n) is 6.18. The first-order valence-electron chi connectivity index (χ1n) is 10.6. The van der Waals surface area contributed by atoms with Crippen molar-refractivity contribution in [1.82, 2.24) is 20.4 Å². The van der Waals surface area contributed by atoms with Crippen LogP contribution in [-0.4, -0.2) is 48.4 Å². The van der Waals surface area contributed by atoms with Crippen LogP contribution in [0, 0.1) is 0 Å². The van der Waals surface area contributed by atoms with Crippen molar-refractivity contribution < 1.29 is 4.79 Å². The second-order valence-electron chi connectivity index (χ2n) is 8.05. The molecule has 27 heavy (non-hydrogen) atoms. The number of nitrogens with one attached hydrogen (secondary N) is 2. The Labute approximate surface area is 162 Å². The van der Waals surface area contributed by atoms with Crippen LogP contribution in [0.1, 0.15) is 52.4 Å². The molecule has 4 aliphatic rings. The summed E-state index contributed by atoms with van der Waals surface area (Å²) in [6, 6.07) is 0. The van der Waals surface area contributed by atoms with Gasteiger partial charge in [0.1, 0.15) is 11.6 Å². The summed E-state index contributed by atoms with van der Waals surface area (Å²) in [6.07, 6.45) is 11.2. The van der Waals surface area contributed by atoms with Crippen molar-refractivity contribution >= 4 is 5.91 Å². The monoisotopic (exact) mass is 368 g/mol. The maximum Gasteiger partial charge on any atom is 0.251 e. The van der Waals surface area contributed by atoms with Gasteiger partial charge in [0.2, 0.25) is 0 Å². The molecule has 4 aliphatic heterocycles. The molecule has 0 aromatic carbocycles. The van der Waals surface area contributed by atoms with Gasteiger partial charge < -0.3 is 20.4 Å². The van der Waals surface area contributed by atoms with E-state index in [9.17, 15) is 4.79 Å². The molecule has 0 radical (unpaired) electrons. The Bertz CT molecular complexity index is 737. The van der Waals surface area contributed by atoms with Crippen LogP contribution in [0.2, 0.25) is 0 Å². The number of hydrogen-bond donors (Lipinski definition) is 2. The second-order valence-corrected chi connectivity index (χ2v) is 8.05. The summed E-state index contributed by atoms with van der Waals surface area (Å²) in [4.78, 5) is 17.3. The maximum absolute atomic E-state index is 12.9. The molecule has 0 spiro atoms. The van der Waals surface area contributed by atoms with Crippen molar-refractivity contribution in [3.63, 3.8) is 0 Å². The van der Waals surface area contributed by atoms with E-state index in [1.807, 2.05) is 4.90 Å². The van der Waals surface area contributed by atoms with E-state index >= 15 is 0 Å². The SMILES string of the molecule is CCC1=C(C)CNC(N2CCCC3=C2NCC(C(=O)N2CCCCC2)=C3)=C1. The minimum absolute atomic E-state index is 0.229. The molecule has 1 saturated heterocycles. The zero-order chi connectivity index (χ0) is 18.8. The van der Waals surface area contributed by atoms with Gasteiger partial charge in [0.05, 0.1) is 0 Å². The van der Waals surface area contributed by atoms with Gasteiger partial charge in [-0.25, -0.2) is 0 Å². The minimum atomic E-state index is 0.229. The molecule has 1 fully saturated rings. The summed E-state index contributed by atoms with van der Waals surface area (Å²) in [5.74, 6) is 2.61. The van der Waals surface area contributed by atoms with E-state index in [4.69, 9.17) is 0 Å². The summed E-state index contributed by atoms with van der Waals surface area (Å²) in [7, 11) is 0. The predicted molar refractivity (Wildman–Crippen MR) is 109 cm³/mol. The zero-order valence-corrected chi connectivity index (χ0v) is 16.7. The minimum Gasteiger partial charge on any atom is -0.368 e. The summed E-state index contributed by atoms with van der Waals surface area (Å²) in [5.41, 5.74) is 5.06. The largest absolute Gasteiger partial charge is 0.368 e. The lowest BCUT2D eigenvalue weighted by Gasteiger charge is -2.39. The first kappa shape index (κ1) is 18.2. The van der Waals surface area contributed by atoms with Gasteiger partial charge in [0.15, 0.2) is 0 Å². The van der Waals surface area contributed by atoms with Crippen LogP contribution >= 0.6 is 0 Å². The molecule has 0 aromatic heterocycles.